The van der Waals surface area contributed by atoms with E-state index < -0.39 is 0 Å². The van der Waals surface area contributed by atoms with Gasteiger partial charge < -0.3 is 5.32 Å². The van der Waals surface area contributed by atoms with Gasteiger partial charge in [-0.3, -0.25) is 14.9 Å². The Morgan fingerprint density at radius 1 is 1.16 bits per heavy atom. The number of nitrogens with one attached hydrogen (secondary N) is 2. The third-order valence-electron chi connectivity index (χ3n) is 4.88. The number of aliphatic imine (C=N–C) groups is 1. The molecule has 37 heavy (non-hydrogen) atoms. The second-order valence-corrected chi connectivity index (χ2v) is 8.36. The zero-order valence-corrected chi connectivity index (χ0v) is 24.3. The van der Waals surface area contributed by atoms with Gasteiger partial charge in [-0.1, -0.05) is 88.8 Å². The molecule has 0 fully saturated rings. The van der Waals surface area contributed by atoms with Gasteiger partial charge in [0, 0.05) is 23.6 Å². The predicted molar refractivity (Wildman–Crippen MR) is 163 cm³/mol. The summed E-state index contributed by atoms with van der Waals surface area (Å²) in [6.45, 7) is 19.7. The summed E-state index contributed by atoms with van der Waals surface area (Å²) < 4.78 is 0. The van der Waals surface area contributed by atoms with Crippen LogP contribution in [0.25, 0.3) is 11.3 Å². The first kappa shape index (κ1) is 33.5. The number of hydrogen-bond donors (Lipinski definition) is 2. The first-order valence-electron chi connectivity index (χ1n) is 13.5. The fraction of sp³-hybridized carbons (Fsp3) is 0.406. The first-order valence-corrected chi connectivity index (χ1v) is 13.5. The number of aromatic amines is 1. The normalized spacial score (nSPS) is 14.5. The minimum atomic E-state index is -0.160. The van der Waals surface area contributed by atoms with Crippen molar-refractivity contribution in [1.82, 2.24) is 10.2 Å². The average molecular weight is 505 g/mol. The monoisotopic (exact) mass is 504 g/mol. The van der Waals surface area contributed by atoms with E-state index in [4.69, 9.17) is 0 Å². The van der Waals surface area contributed by atoms with Gasteiger partial charge in [-0.2, -0.15) is 5.10 Å². The van der Waals surface area contributed by atoms with Crippen LogP contribution in [-0.4, -0.2) is 22.3 Å². The van der Waals surface area contributed by atoms with E-state index in [0.29, 0.717) is 17.3 Å². The van der Waals surface area contributed by atoms with Gasteiger partial charge in [-0.15, -0.1) is 6.58 Å². The minimum Gasteiger partial charge on any atom is -0.305 e. The number of nitrogens with zero attached hydrogens (tertiary/aromatic N) is 2. The molecule has 1 aliphatic rings. The molecular formula is C32H48N4O. The van der Waals surface area contributed by atoms with Crippen LogP contribution in [0, 0.1) is 5.92 Å². The van der Waals surface area contributed by atoms with E-state index in [2.05, 4.69) is 40.1 Å². The van der Waals surface area contributed by atoms with Gasteiger partial charge in [-0.05, 0) is 64.0 Å². The molecular weight excluding hydrogens is 456 g/mol. The summed E-state index contributed by atoms with van der Waals surface area (Å²) in [7, 11) is 0. The molecule has 202 valence electrons. The van der Waals surface area contributed by atoms with Crippen LogP contribution < -0.4 is 5.32 Å². The van der Waals surface area contributed by atoms with E-state index in [9.17, 15) is 4.79 Å². The Morgan fingerprint density at radius 3 is 2.43 bits per heavy atom. The van der Waals surface area contributed by atoms with Gasteiger partial charge in [0.2, 0.25) is 0 Å². The lowest BCUT2D eigenvalue weighted by atomic mass is 10.0. The number of benzene rings is 1. The highest BCUT2D eigenvalue weighted by Crippen LogP contribution is 2.25. The number of unbranched alkanes of at least 4 members (excludes halogenated alkanes) is 1. The van der Waals surface area contributed by atoms with E-state index in [-0.39, 0.29) is 5.91 Å². The van der Waals surface area contributed by atoms with Crippen LogP contribution >= 0.6 is 0 Å². The molecule has 0 aliphatic heterocycles. The fourth-order valence-corrected chi connectivity index (χ4v) is 3.17. The van der Waals surface area contributed by atoms with Crippen molar-refractivity contribution >= 4 is 17.9 Å². The number of carbonyl (C=O) groups is 1. The maximum absolute atomic E-state index is 12.8. The number of anilines is 1. The largest absolute Gasteiger partial charge is 0.305 e. The molecule has 2 N–H and O–H groups in total. The van der Waals surface area contributed by atoms with Crippen molar-refractivity contribution in [3.8, 4) is 11.3 Å². The van der Waals surface area contributed by atoms with Crippen molar-refractivity contribution in [2.45, 2.75) is 81.1 Å². The summed E-state index contributed by atoms with van der Waals surface area (Å²) in [5.74, 6) is 0.674. The van der Waals surface area contributed by atoms with Crippen LogP contribution in [0.3, 0.4) is 0 Å². The molecule has 0 saturated carbocycles. The lowest BCUT2D eigenvalue weighted by Gasteiger charge is -2.09. The SMILES string of the molecule is C/C=C\CCC=NC1=CC(C(=O)Nc2cc(-c3ccccc3)[nH]n2)=CCCC1C.C=C(C)C.CC.CC. The second kappa shape index (κ2) is 20.7. The molecule has 1 aromatic heterocycles. The number of allylic oxidation sites excluding steroid dienone is 5. The Labute approximate surface area is 225 Å². The molecule has 1 heterocycles. The Morgan fingerprint density at radius 2 is 1.81 bits per heavy atom. The predicted octanol–water partition coefficient (Wildman–Crippen LogP) is 9.32. The molecule has 0 radical (unpaired) electrons. The van der Waals surface area contributed by atoms with E-state index in [1.165, 1.54) is 5.57 Å². The van der Waals surface area contributed by atoms with Crippen LogP contribution in [-0.2, 0) is 4.79 Å². The standard InChI is InChI=1S/C24H28N4O.C4H8.2C2H6/c1-3-4-5-9-15-25-21-16-20(14-10-11-18(21)2)24(29)26-23-17-22(27-28-23)19-12-7-6-8-13-19;1-4(2)3;2*1-2/h3-4,6-8,12-18H,5,9-11H2,1-2H3,(H2,26,27,28,29);1H2,2-3H3;2*1-2H3/b4-3-,25-15?;;;. The molecule has 2 aromatic rings. The topological polar surface area (TPSA) is 70.1 Å². The highest BCUT2D eigenvalue weighted by Gasteiger charge is 2.17. The van der Waals surface area contributed by atoms with Crippen molar-refractivity contribution in [2.24, 2.45) is 10.9 Å². The van der Waals surface area contributed by atoms with Crippen molar-refractivity contribution in [3.05, 3.63) is 84.1 Å². The van der Waals surface area contributed by atoms with Crippen molar-refractivity contribution < 1.29 is 4.79 Å². The molecule has 1 aliphatic carbocycles. The zero-order chi connectivity index (χ0) is 28.1. The minimum absolute atomic E-state index is 0.160. The lowest BCUT2D eigenvalue weighted by Crippen LogP contribution is -2.13. The maximum Gasteiger partial charge on any atom is 0.256 e. The van der Waals surface area contributed by atoms with Crippen molar-refractivity contribution in [2.75, 3.05) is 5.32 Å². The number of rotatable bonds is 7. The molecule has 1 unspecified atom stereocenters. The molecule has 5 heteroatoms. The van der Waals surface area contributed by atoms with Crippen molar-refractivity contribution in [3.63, 3.8) is 0 Å². The number of carbonyl (C=O) groups excluding carboxylic acids is 1. The first-order chi connectivity index (χ1) is 17.9. The van der Waals surface area contributed by atoms with Crippen molar-refractivity contribution in [1.29, 1.82) is 0 Å². The number of amides is 1. The Hall–Kier alpha value is -3.47. The van der Waals surface area contributed by atoms with Gasteiger partial charge in [0.05, 0.1) is 5.69 Å². The summed E-state index contributed by atoms with van der Waals surface area (Å²) in [6.07, 6.45) is 13.7. The van der Waals surface area contributed by atoms with E-state index in [1.54, 1.807) is 0 Å². The lowest BCUT2D eigenvalue weighted by molar-refractivity contribution is -0.112. The smallest absolute Gasteiger partial charge is 0.256 e. The quantitative estimate of drug-likeness (QED) is 0.224. The summed E-state index contributed by atoms with van der Waals surface area (Å²) >= 11 is 0. The second-order valence-electron chi connectivity index (χ2n) is 8.36. The highest BCUT2D eigenvalue weighted by molar-refractivity contribution is 6.05. The van der Waals surface area contributed by atoms with Crippen LogP contribution in [0.1, 0.15) is 81.1 Å². The maximum atomic E-state index is 12.8. The Bertz CT molecular complexity index is 1020. The zero-order valence-electron chi connectivity index (χ0n) is 24.3. The van der Waals surface area contributed by atoms with E-state index in [1.807, 2.05) is 109 Å². The third-order valence-corrected chi connectivity index (χ3v) is 4.88. The van der Waals surface area contributed by atoms with Crippen LogP contribution in [0.4, 0.5) is 5.82 Å². The highest BCUT2D eigenvalue weighted by atomic mass is 16.1. The van der Waals surface area contributed by atoms with Crippen LogP contribution in [0.5, 0.6) is 0 Å². The van der Waals surface area contributed by atoms with Gasteiger partial charge >= 0.3 is 0 Å². The summed E-state index contributed by atoms with van der Waals surface area (Å²) in [4.78, 5) is 17.4. The molecule has 0 saturated heterocycles. The average Bonchev–Trinajstić information content (AvgIpc) is 3.29. The fourth-order valence-electron chi connectivity index (χ4n) is 3.17. The van der Waals surface area contributed by atoms with E-state index in [0.717, 1.165) is 42.6 Å². The number of hydrogen-bond acceptors (Lipinski definition) is 3. The molecule has 0 bridgehead atoms. The van der Waals surface area contributed by atoms with Gasteiger partial charge in [0.1, 0.15) is 0 Å². The molecule has 3 rings (SSSR count). The third kappa shape index (κ3) is 14.0. The van der Waals surface area contributed by atoms with E-state index >= 15 is 0 Å². The molecule has 1 amide bonds. The molecule has 1 atom stereocenters. The summed E-state index contributed by atoms with van der Waals surface area (Å²) in [6, 6.07) is 11.7. The number of aromatic nitrogens is 2. The van der Waals surface area contributed by atoms with Crippen LogP contribution in [0.2, 0.25) is 0 Å². The molecule has 5 nitrogen and oxygen atoms in total. The molecule has 1 aromatic carbocycles. The number of H-pyrrole nitrogens is 1. The summed E-state index contributed by atoms with van der Waals surface area (Å²) in [5.41, 5.74) is 4.65. The van der Waals surface area contributed by atoms with Crippen LogP contribution in [0.15, 0.2) is 89.1 Å². The van der Waals surface area contributed by atoms with Gasteiger partial charge in [0.15, 0.2) is 5.82 Å². The van der Waals surface area contributed by atoms with Gasteiger partial charge in [0.25, 0.3) is 5.91 Å². The van der Waals surface area contributed by atoms with Gasteiger partial charge in [-0.25, -0.2) is 0 Å². The summed E-state index contributed by atoms with van der Waals surface area (Å²) in [5, 5.41) is 10.1. The Balaban J connectivity index is 0.00000145. The molecule has 0 spiro atoms. The Kier molecular flexibility index (Phi) is 18.8.